The Morgan fingerprint density at radius 2 is 1.87 bits per heavy atom. The molecule has 0 radical (unpaired) electrons. The monoisotopic (exact) mass is 264 g/mol. The summed E-state index contributed by atoms with van der Waals surface area (Å²) in [4.78, 5) is 10.8. The van der Waals surface area contributed by atoms with Gasteiger partial charge in [0.2, 0.25) is 0 Å². The van der Waals surface area contributed by atoms with Crippen LogP contribution in [0.2, 0.25) is 0 Å². The maximum atomic E-state index is 10.8. The summed E-state index contributed by atoms with van der Waals surface area (Å²) in [6, 6.07) is 11.2. The van der Waals surface area contributed by atoms with Gasteiger partial charge in [-0.15, -0.1) is 0 Å². The minimum absolute atomic E-state index is 0.172. The number of benzene rings is 1. The van der Waals surface area contributed by atoms with Crippen molar-refractivity contribution in [2.24, 2.45) is 0 Å². The molecule has 76 valence electrons. The van der Waals surface area contributed by atoms with Crippen molar-refractivity contribution >= 4 is 15.9 Å². The van der Waals surface area contributed by atoms with Crippen LogP contribution in [-0.4, -0.2) is 10.2 Å². The van der Waals surface area contributed by atoms with Crippen molar-refractivity contribution < 1.29 is 0 Å². The molecule has 0 atom stereocenters. The maximum Gasteiger partial charge on any atom is 0.264 e. The van der Waals surface area contributed by atoms with Gasteiger partial charge in [-0.1, -0.05) is 28.1 Å². The predicted molar refractivity (Wildman–Crippen MR) is 61.8 cm³/mol. The number of hydrogen-bond donors (Lipinski definition) is 1. The van der Waals surface area contributed by atoms with E-state index in [1.54, 1.807) is 6.07 Å². The third-order valence-corrected chi connectivity index (χ3v) is 2.56. The zero-order chi connectivity index (χ0) is 10.7. The number of rotatable bonds is 2. The molecule has 1 N–H and O–H groups in total. The number of halogens is 1. The van der Waals surface area contributed by atoms with Gasteiger partial charge in [0.15, 0.2) is 0 Å². The van der Waals surface area contributed by atoms with Crippen molar-refractivity contribution in [3.05, 3.63) is 62.5 Å². The van der Waals surface area contributed by atoms with E-state index in [1.807, 2.05) is 24.3 Å². The highest BCUT2D eigenvalue weighted by atomic mass is 79.9. The van der Waals surface area contributed by atoms with Gasteiger partial charge in [0.1, 0.15) is 0 Å². The molecule has 1 aromatic carbocycles. The van der Waals surface area contributed by atoms with E-state index in [2.05, 4.69) is 26.1 Å². The molecule has 15 heavy (non-hydrogen) atoms. The maximum absolute atomic E-state index is 10.8. The highest BCUT2D eigenvalue weighted by Crippen LogP contribution is 2.12. The number of nitrogens with zero attached hydrogens (tertiary/aromatic N) is 1. The van der Waals surface area contributed by atoms with Crippen molar-refractivity contribution in [3.8, 4) is 0 Å². The van der Waals surface area contributed by atoms with Crippen LogP contribution in [0.25, 0.3) is 0 Å². The summed E-state index contributed by atoms with van der Waals surface area (Å²) in [5, 5.41) is 6.36. The van der Waals surface area contributed by atoms with Crippen LogP contribution in [0.5, 0.6) is 0 Å². The summed E-state index contributed by atoms with van der Waals surface area (Å²) >= 11 is 3.38. The van der Waals surface area contributed by atoms with Crippen LogP contribution in [0, 0.1) is 0 Å². The summed E-state index contributed by atoms with van der Waals surface area (Å²) in [6.45, 7) is 0. The third kappa shape index (κ3) is 2.76. The first kappa shape index (κ1) is 10.1. The normalized spacial score (nSPS) is 10.2. The van der Waals surface area contributed by atoms with E-state index in [0.29, 0.717) is 0 Å². The molecular weight excluding hydrogens is 256 g/mol. The quantitative estimate of drug-likeness (QED) is 0.904. The van der Waals surface area contributed by atoms with E-state index in [9.17, 15) is 4.79 Å². The van der Waals surface area contributed by atoms with E-state index < -0.39 is 0 Å². The van der Waals surface area contributed by atoms with Gasteiger partial charge in [0.05, 0.1) is 5.69 Å². The fraction of sp³-hybridized carbons (Fsp3) is 0.0909. The molecule has 0 amide bonds. The van der Waals surface area contributed by atoms with Gasteiger partial charge in [-0.2, -0.15) is 5.10 Å². The second-order valence-corrected chi connectivity index (χ2v) is 4.13. The lowest BCUT2D eigenvalue weighted by Gasteiger charge is -2.00. The molecule has 4 heteroatoms. The summed E-state index contributed by atoms with van der Waals surface area (Å²) in [6.07, 6.45) is 0.726. The first-order chi connectivity index (χ1) is 7.24. The standard InChI is InChI=1S/C11H9BrN2O/c12-9-3-1-8(2-4-9)7-10-5-6-11(15)14-13-10/h1-6H,7H2,(H,14,15). The minimum atomic E-state index is -0.172. The second-order valence-electron chi connectivity index (χ2n) is 3.22. The Labute approximate surface area is 95.3 Å². The molecule has 0 bridgehead atoms. The van der Waals surface area contributed by atoms with Gasteiger partial charge in [-0.25, -0.2) is 5.10 Å². The average Bonchev–Trinajstić information content (AvgIpc) is 2.25. The van der Waals surface area contributed by atoms with Crippen LogP contribution in [0.3, 0.4) is 0 Å². The lowest BCUT2D eigenvalue weighted by molar-refractivity contribution is 0.910. The van der Waals surface area contributed by atoms with E-state index >= 15 is 0 Å². The Bertz CT molecular complexity index is 484. The fourth-order valence-electron chi connectivity index (χ4n) is 1.28. The zero-order valence-corrected chi connectivity index (χ0v) is 9.49. The number of hydrogen-bond acceptors (Lipinski definition) is 2. The Morgan fingerprint density at radius 3 is 2.47 bits per heavy atom. The molecule has 3 nitrogen and oxygen atoms in total. The molecule has 0 saturated carbocycles. The van der Waals surface area contributed by atoms with Gasteiger partial charge in [0.25, 0.3) is 5.56 Å². The van der Waals surface area contributed by atoms with Gasteiger partial charge in [0, 0.05) is 17.0 Å². The van der Waals surface area contributed by atoms with Gasteiger partial charge < -0.3 is 0 Å². The van der Waals surface area contributed by atoms with Crippen LogP contribution >= 0.6 is 15.9 Å². The molecule has 0 unspecified atom stereocenters. The predicted octanol–water partition coefficient (Wildman–Crippen LogP) is 2.12. The van der Waals surface area contributed by atoms with Gasteiger partial charge in [-0.3, -0.25) is 4.79 Å². The molecule has 2 aromatic rings. The lowest BCUT2D eigenvalue weighted by Crippen LogP contribution is -2.07. The van der Waals surface area contributed by atoms with Crippen molar-refractivity contribution in [1.82, 2.24) is 10.2 Å². The van der Waals surface area contributed by atoms with E-state index in [4.69, 9.17) is 0 Å². The van der Waals surface area contributed by atoms with E-state index in [-0.39, 0.29) is 5.56 Å². The molecule has 0 aliphatic rings. The Kier molecular flexibility index (Phi) is 2.97. The molecule has 0 aliphatic heterocycles. The minimum Gasteiger partial charge on any atom is -0.268 e. The summed E-state index contributed by atoms with van der Waals surface area (Å²) < 4.78 is 1.06. The van der Waals surface area contributed by atoms with Gasteiger partial charge >= 0.3 is 0 Å². The number of nitrogens with one attached hydrogen (secondary N) is 1. The Hall–Kier alpha value is -1.42. The second kappa shape index (κ2) is 4.40. The molecule has 0 spiro atoms. The molecule has 2 rings (SSSR count). The molecule has 0 aliphatic carbocycles. The highest BCUT2D eigenvalue weighted by molar-refractivity contribution is 9.10. The molecule has 1 aromatic heterocycles. The zero-order valence-electron chi connectivity index (χ0n) is 7.90. The van der Waals surface area contributed by atoms with Crippen molar-refractivity contribution in [2.45, 2.75) is 6.42 Å². The molecule has 1 heterocycles. The van der Waals surface area contributed by atoms with Crippen LogP contribution in [-0.2, 0) is 6.42 Å². The summed E-state index contributed by atoms with van der Waals surface area (Å²) in [5.41, 5.74) is 1.85. The Balaban J connectivity index is 2.18. The van der Waals surface area contributed by atoms with Crippen molar-refractivity contribution in [3.63, 3.8) is 0 Å². The largest absolute Gasteiger partial charge is 0.268 e. The van der Waals surface area contributed by atoms with Crippen LogP contribution in [0.15, 0.2) is 45.7 Å². The number of aromatic amines is 1. The highest BCUT2D eigenvalue weighted by Gasteiger charge is 1.97. The summed E-state index contributed by atoms with van der Waals surface area (Å²) in [5.74, 6) is 0. The Morgan fingerprint density at radius 1 is 1.13 bits per heavy atom. The number of H-pyrrole nitrogens is 1. The first-order valence-corrected chi connectivity index (χ1v) is 5.32. The van der Waals surface area contributed by atoms with Crippen molar-refractivity contribution in [1.29, 1.82) is 0 Å². The molecule has 0 saturated heterocycles. The average molecular weight is 265 g/mol. The topological polar surface area (TPSA) is 45.8 Å². The SMILES string of the molecule is O=c1ccc(Cc2ccc(Br)cc2)n[nH]1. The number of aromatic nitrogens is 2. The smallest absolute Gasteiger partial charge is 0.264 e. The third-order valence-electron chi connectivity index (χ3n) is 2.04. The van der Waals surface area contributed by atoms with Crippen LogP contribution in [0.1, 0.15) is 11.3 Å². The van der Waals surface area contributed by atoms with Gasteiger partial charge in [-0.05, 0) is 23.8 Å². The molecular formula is C11H9BrN2O. The fourth-order valence-corrected chi connectivity index (χ4v) is 1.55. The lowest BCUT2D eigenvalue weighted by atomic mass is 10.1. The van der Waals surface area contributed by atoms with E-state index in [0.717, 1.165) is 22.2 Å². The first-order valence-electron chi connectivity index (χ1n) is 4.53. The molecule has 0 fully saturated rings. The van der Waals surface area contributed by atoms with Crippen LogP contribution < -0.4 is 5.56 Å². The summed E-state index contributed by atoms with van der Waals surface area (Å²) in [7, 11) is 0. The van der Waals surface area contributed by atoms with E-state index in [1.165, 1.54) is 6.07 Å². The van der Waals surface area contributed by atoms with Crippen LogP contribution in [0.4, 0.5) is 0 Å². The van der Waals surface area contributed by atoms with Crippen molar-refractivity contribution in [2.75, 3.05) is 0 Å².